The third-order valence-electron chi connectivity index (χ3n) is 8.30. The SMILES string of the molecule is O=C(O)c1cnc2ccc(N3C4CCC3CC(OCc3c(-c5ccccc5OC(F)(F)F)noc3C3CC3)C4)cn12. The van der Waals surface area contributed by atoms with Crippen LogP contribution in [0.2, 0.25) is 0 Å². The number of rotatable bonds is 8. The van der Waals surface area contributed by atoms with Crippen molar-refractivity contribution in [1.82, 2.24) is 14.5 Å². The molecule has 2 unspecified atom stereocenters. The molecule has 4 aromatic rings. The number of anilines is 1. The summed E-state index contributed by atoms with van der Waals surface area (Å²) in [6.07, 6.45) is 3.73. The van der Waals surface area contributed by atoms with Crippen molar-refractivity contribution in [3.8, 4) is 17.0 Å². The van der Waals surface area contributed by atoms with Crippen molar-refractivity contribution < 1.29 is 37.1 Å². The van der Waals surface area contributed by atoms with Crippen LogP contribution in [0, 0.1) is 0 Å². The lowest BCUT2D eigenvalue weighted by Crippen LogP contribution is -2.45. The summed E-state index contributed by atoms with van der Waals surface area (Å²) >= 11 is 0. The number of aromatic carboxylic acids is 1. The van der Waals surface area contributed by atoms with E-state index in [4.69, 9.17) is 9.26 Å². The molecule has 0 radical (unpaired) electrons. The van der Waals surface area contributed by atoms with E-state index in [1.807, 2.05) is 18.3 Å². The number of ether oxygens (including phenoxy) is 2. The number of hydrogen-bond acceptors (Lipinski definition) is 7. The Morgan fingerprint density at radius 1 is 1.07 bits per heavy atom. The molecule has 41 heavy (non-hydrogen) atoms. The number of nitrogens with zero attached hydrogens (tertiary/aromatic N) is 4. The lowest BCUT2D eigenvalue weighted by molar-refractivity contribution is -0.274. The number of alkyl halides is 3. The fourth-order valence-corrected chi connectivity index (χ4v) is 6.38. The van der Waals surface area contributed by atoms with Gasteiger partial charge in [-0.1, -0.05) is 17.3 Å². The van der Waals surface area contributed by atoms with Gasteiger partial charge in [-0.05, 0) is 62.8 Å². The number of aromatic nitrogens is 3. The van der Waals surface area contributed by atoms with E-state index in [9.17, 15) is 23.1 Å². The highest BCUT2D eigenvalue weighted by Crippen LogP contribution is 2.46. The first-order valence-corrected chi connectivity index (χ1v) is 13.7. The van der Waals surface area contributed by atoms with Gasteiger partial charge in [0.25, 0.3) is 0 Å². The normalized spacial score (nSPS) is 22.4. The minimum Gasteiger partial charge on any atom is -0.477 e. The number of carboxylic acids is 1. The maximum Gasteiger partial charge on any atom is 0.573 e. The van der Waals surface area contributed by atoms with E-state index in [2.05, 4.69) is 19.8 Å². The predicted molar refractivity (Wildman–Crippen MR) is 140 cm³/mol. The molecule has 1 saturated carbocycles. The van der Waals surface area contributed by atoms with E-state index in [1.165, 1.54) is 18.3 Å². The van der Waals surface area contributed by atoms with Crippen molar-refractivity contribution in [1.29, 1.82) is 0 Å². The van der Waals surface area contributed by atoms with Crippen molar-refractivity contribution in [3.05, 3.63) is 65.8 Å². The van der Waals surface area contributed by atoms with Crippen LogP contribution in [0.25, 0.3) is 16.9 Å². The van der Waals surface area contributed by atoms with Crippen molar-refractivity contribution in [2.75, 3.05) is 4.90 Å². The first-order valence-electron chi connectivity index (χ1n) is 13.7. The molecule has 3 aromatic heterocycles. The molecular formula is C29H27F3N4O5. The highest BCUT2D eigenvalue weighted by atomic mass is 19.4. The lowest BCUT2D eigenvalue weighted by Gasteiger charge is -2.40. The van der Waals surface area contributed by atoms with E-state index in [0.29, 0.717) is 22.7 Å². The molecular weight excluding hydrogens is 541 g/mol. The summed E-state index contributed by atoms with van der Waals surface area (Å²) in [5, 5.41) is 13.7. The highest BCUT2D eigenvalue weighted by Gasteiger charge is 2.42. The zero-order valence-electron chi connectivity index (χ0n) is 21.9. The number of pyridine rings is 1. The molecule has 12 heteroatoms. The smallest absolute Gasteiger partial charge is 0.477 e. The Bertz CT molecular complexity index is 1600. The van der Waals surface area contributed by atoms with Gasteiger partial charge in [0.05, 0.1) is 24.6 Å². The Hall–Kier alpha value is -4.06. The first-order chi connectivity index (χ1) is 19.7. The van der Waals surface area contributed by atoms with Gasteiger partial charge in [-0.15, -0.1) is 13.2 Å². The number of fused-ring (bicyclic) bond motifs is 3. The van der Waals surface area contributed by atoms with E-state index in [1.54, 1.807) is 16.5 Å². The minimum atomic E-state index is -4.83. The first kappa shape index (κ1) is 25.9. The third kappa shape index (κ3) is 4.90. The fraction of sp³-hybridized carbons (Fsp3) is 0.414. The van der Waals surface area contributed by atoms with Gasteiger partial charge in [0.15, 0.2) is 5.69 Å². The van der Waals surface area contributed by atoms with Gasteiger partial charge in [0, 0.05) is 35.3 Å². The van der Waals surface area contributed by atoms with E-state index < -0.39 is 12.3 Å². The molecule has 2 aliphatic heterocycles. The second-order valence-electron chi connectivity index (χ2n) is 11.0. The Balaban J connectivity index is 1.10. The van der Waals surface area contributed by atoms with Crippen LogP contribution >= 0.6 is 0 Å². The maximum absolute atomic E-state index is 13.1. The molecule has 0 amide bonds. The third-order valence-corrected chi connectivity index (χ3v) is 8.30. The topological polar surface area (TPSA) is 102 Å². The van der Waals surface area contributed by atoms with Crippen molar-refractivity contribution in [2.24, 2.45) is 0 Å². The monoisotopic (exact) mass is 568 g/mol. The number of carbonyl (C=O) groups is 1. The average Bonchev–Trinajstić information content (AvgIpc) is 3.44. The zero-order chi connectivity index (χ0) is 28.3. The summed E-state index contributed by atoms with van der Waals surface area (Å²) in [6, 6.07) is 10.2. The van der Waals surface area contributed by atoms with Crippen LogP contribution in [-0.4, -0.2) is 50.2 Å². The number of hydrogen-bond donors (Lipinski definition) is 1. The molecule has 2 saturated heterocycles. The largest absolute Gasteiger partial charge is 0.573 e. The van der Waals surface area contributed by atoms with Crippen LogP contribution in [-0.2, 0) is 11.3 Å². The maximum atomic E-state index is 13.1. The average molecular weight is 569 g/mol. The van der Waals surface area contributed by atoms with Gasteiger partial charge < -0.3 is 24.0 Å². The number of carboxylic acid groups (broad SMARTS) is 1. The van der Waals surface area contributed by atoms with Gasteiger partial charge in [-0.3, -0.25) is 4.40 Å². The number of piperidine rings is 1. The second-order valence-corrected chi connectivity index (χ2v) is 11.0. The molecule has 3 aliphatic rings. The van der Waals surface area contributed by atoms with Crippen molar-refractivity contribution >= 4 is 17.3 Å². The van der Waals surface area contributed by atoms with Gasteiger partial charge >= 0.3 is 12.3 Å². The molecule has 1 aliphatic carbocycles. The summed E-state index contributed by atoms with van der Waals surface area (Å²) in [4.78, 5) is 18.2. The van der Waals surface area contributed by atoms with E-state index in [-0.39, 0.29) is 47.7 Å². The number of benzene rings is 1. The summed E-state index contributed by atoms with van der Waals surface area (Å²) in [7, 11) is 0. The summed E-state index contributed by atoms with van der Waals surface area (Å²) in [6.45, 7) is 0.179. The number of imidazole rings is 1. The van der Waals surface area contributed by atoms with Crippen LogP contribution < -0.4 is 9.64 Å². The van der Waals surface area contributed by atoms with Crippen molar-refractivity contribution in [2.45, 2.75) is 75.6 Å². The van der Waals surface area contributed by atoms with Crippen LogP contribution in [0.15, 0.2) is 53.3 Å². The minimum absolute atomic E-state index is 0.0493. The molecule has 2 atom stereocenters. The Labute approximate surface area is 232 Å². The molecule has 9 nitrogen and oxygen atoms in total. The van der Waals surface area contributed by atoms with E-state index in [0.717, 1.165) is 44.2 Å². The Morgan fingerprint density at radius 3 is 2.54 bits per heavy atom. The molecule has 3 fully saturated rings. The van der Waals surface area contributed by atoms with Crippen LogP contribution in [0.1, 0.15) is 66.3 Å². The van der Waals surface area contributed by atoms with Crippen LogP contribution in [0.3, 0.4) is 0 Å². The standard InChI is InChI=1S/C29H27F3N4O5/c30-29(31,32)40-24-4-2-1-3-21(24)26-22(27(41-34-26)16-5-6-16)15-39-20-11-17-7-8-18(12-20)36(17)19-9-10-25-33-13-23(28(37)38)35(25)14-19/h1-4,9-10,13-14,16-18,20H,5-8,11-12,15H2,(H,37,38). The number of halogens is 3. The van der Waals surface area contributed by atoms with Crippen LogP contribution in [0.4, 0.5) is 18.9 Å². The second kappa shape index (κ2) is 9.79. The van der Waals surface area contributed by atoms with Gasteiger partial charge in [-0.25, -0.2) is 9.78 Å². The summed E-state index contributed by atoms with van der Waals surface area (Å²) < 4.78 is 57.3. The molecule has 0 spiro atoms. The highest BCUT2D eigenvalue weighted by molar-refractivity contribution is 5.86. The fourth-order valence-electron chi connectivity index (χ4n) is 6.38. The predicted octanol–water partition coefficient (Wildman–Crippen LogP) is 6.18. The van der Waals surface area contributed by atoms with Gasteiger partial charge in [-0.2, -0.15) is 0 Å². The van der Waals surface area contributed by atoms with Crippen LogP contribution in [0.5, 0.6) is 5.75 Å². The Morgan fingerprint density at radius 2 is 1.83 bits per heavy atom. The summed E-state index contributed by atoms with van der Waals surface area (Å²) in [5.41, 5.74) is 2.84. The molecule has 1 aromatic carbocycles. The lowest BCUT2D eigenvalue weighted by atomic mass is 9.98. The van der Waals surface area contributed by atoms with Gasteiger partial charge in [0.2, 0.25) is 0 Å². The molecule has 2 bridgehead atoms. The molecule has 7 rings (SSSR count). The molecule has 1 N–H and O–H groups in total. The number of para-hydroxylation sites is 1. The Kier molecular flexibility index (Phi) is 6.18. The molecule has 214 valence electrons. The summed E-state index contributed by atoms with van der Waals surface area (Å²) in [5.74, 6) is -0.498. The van der Waals surface area contributed by atoms with E-state index >= 15 is 0 Å². The van der Waals surface area contributed by atoms with Gasteiger partial charge in [0.1, 0.15) is 22.9 Å². The molecule has 5 heterocycles. The van der Waals surface area contributed by atoms with Crippen molar-refractivity contribution in [3.63, 3.8) is 0 Å². The quantitative estimate of drug-likeness (QED) is 0.269. The zero-order valence-corrected chi connectivity index (χ0v) is 21.9.